The molecule has 0 rings (SSSR count). The topological polar surface area (TPSA) is 85.2 Å². The summed E-state index contributed by atoms with van der Waals surface area (Å²) < 4.78 is 26.9. The summed E-state index contributed by atoms with van der Waals surface area (Å²) in [5, 5.41) is 0. The van der Waals surface area contributed by atoms with Gasteiger partial charge < -0.3 is 24.0 Å². The van der Waals surface area contributed by atoms with Crippen molar-refractivity contribution in [1.29, 1.82) is 0 Å². The molecule has 7 heteroatoms. The number of hydrogen-bond donors (Lipinski definition) is 2. The zero-order valence-electron chi connectivity index (χ0n) is 15.7. The van der Waals surface area contributed by atoms with Crippen LogP contribution in [0, 0.1) is 0 Å². The van der Waals surface area contributed by atoms with Crippen LogP contribution < -0.4 is 0 Å². The normalized spacial score (nSPS) is 13.1. The molecular formula is C18H37O6P. The third-order valence-electron chi connectivity index (χ3n) is 3.71. The Bertz CT molecular complexity index is 344. The molecule has 0 aromatic carbocycles. The largest absolute Gasteiger partial charge is 0.379 e. The van der Waals surface area contributed by atoms with Crippen molar-refractivity contribution in [3.8, 4) is 0 Å². The maximum absolute atomic E-state index is 10.9. The van der Waals surface area contributed by atoms with Crippen molar-refractivity contribution in [3.05, 3.63) is 12.7 Å². The Morgan fingerprint density at radius 2 is 1.52 bits per heavy atom. The van der Waals surface area contributed by atoms with Crippen LogP contribution in [-0.4, -0.2) is 48.7 Å². The maximum atomic E-state index is 10.9. The molecule has 0 spiro atoms. The van der Waals surface area contributed by atoms with Gasteiger partial charge in [-0.3, -0.25) is 4.57 Å². The van der Waals surface area contributed by atoms with E-state index < -0.39 is 20.0 Å². The van der Waals surface area contributed by atoms with E-state index >= 15 is 0 Å². The van der Waals surface area contributed by atoms with Crippen molar-refractivity contribution >= 4 is 7.60 Å². The Kier molecular flexibility index (Phi) is 17.0. The van der Waals surface area contributed by atoms with Crippen molar-refractivity contribution in [1.82, 2.24) is 0 Å². The zero-order chi connectivity index (χ0) is 18.8. The fourth-order valence-electron chi connectivity index (χ4n) is 2.36. The van der Waals surface area contributed by atoms with Gasteiger partial charge in [0.15, 0.2) is 0 Å². The van der Waals surface area contributed by atoms with Crippen LogP contribution in [0.25, 0.3) is 0 Å². The third kappa shape index (κ3) is 19.9. The molecule has 6 nitrogen and oxygen atoms in total. The predicted molar refractivity (Wildman–Crippen MR) is 101 cm³/mol. The highest BCUT2D eigenvalue weighted by atomic mass is 31.2. The Balaban J connectivity index is 3.65. The van der Waals surface area contributed by atoms with Crippen LogP contribution in [0.15, 0.2) is 12.7 Å². The van der Waals surface area contributed by atoms with Crippen LogP contribution >= 0.6 is 7.60 Å². The summed E-state index contributed by atoms with van der Waals surface area (Å²) in [5.74, 6) is 0. The molecule has 0 aliphatic carbocycles. The minimum atomic E-state index is -4.18. The second kappa shape index (κ2) is 17.2. The lowest BCUT2D eigenvalue weighted by atomic mass is 10.1. The number of hydrogen-bond acceptors (Lipinski definition) is 4. The molecule has 0 radical (unpaired) electrons. The van der Waals surface area contributed by atoms with Gasteiger partial charge in [-0.1, -0.05) is 64.4 Å². The maximum Gasteiger partial charge on any atom is 0.350 e. The second-order valence-electron chi connectivity index (χ2n) is 6.31. The van der Waals surface area contributed by atoms with Gasteiger partial charge in [0.1, 0.15) is 12.5 Å². The van der Waals surface area contributed by atoms with Crippen LogP contribution in [0.3, 0.4) is 0 Å². The smallest absolute Gasteiger partial charge is 0.350 e. The lowest BCUT2D eigenvalue weighted by molar-refractivity contribution is -0.0460. The van der Waals surface area contributed by atoms with Gasteiger partial charge in [-0.25, -0.2) is 0 Å². The van der Waals surface area contributed by atoms with Crippen molar-refractivity contribution in [2.24, 2.45) is 0 Å². The first-order valence-electron chi connectivity index (χ1n) is 9.42. The van der Waals surface area contributed by atoms with E-state index in [-0.39, 0.29) is 13.2 Å². The molecular weight excluding hydrogens is 343 g/mol. The monoisotopic (exact) mass is 380 g/mol. The summed E-state index contributed by atoms with van der Waals surface area (Å²) >= 11 is 0. The first-order valence-corrected chi connectivity index (χ1v) is 11.2. The lowest BCUT2D eigenvalue weighted by Gasteiger charge is -2.18. The molecule has 0 bridgehead atoms. The molecule has 1 atom stereocenters. The number of unbranched alkanes of at least 4 members (excludes halogenated alkanes) is 8. The highest BCUT2D eigenvalue weighted by molar-refractivity contribution is 7.51. The molecule has 0 aliphatic heterocycles. The van der Waals surface area contributed by atoms with Gasteiger partial charge in [0.25, 0.3) is 0 Å². The third-order valence-corrected chi connectivity index (χ3v) is 4.20. The van der Waals surface area contributed by atoms with Crippen molar-refractivity contribution in [2.75, 3.05) is 32.8 Å². The van der Waals surface area contributed by atoms with Gasteiger partial charge in [-0.2, -0.15) is 0 Å². The standard InChI is InChI=1S/C18H37O6P/c1-3-5-6-7-8-9-10-11-12-14-23-16-18(15-22-13-4-2)24-17-25(19,20)21/h4,18H,2-3,5-17H2,1H3,(H2,19,20,21). The molecule has 0 saturated heterocycles. The van der Waals surface area contributed by atoms with E-state index in [0.29, 0.717) is 13.2 Å². The average molecular weight is 380 g/mol. The van der Waals surface area contributed by atoms with E-state index in [0.717, 1.165) is 12.8 Å². The molecule has 150 valence electrons. The Hall–Kier alpha value is -0.230. The van der Waals surface area contributed by atoms with Crippen LogP contribution in [0.5, 0.6) is 0 Å². The van der Waals surface area contributed by atoms with E-state index in [2.05, 4.69) is 13.5 Å². The molecule has 1 unspecified atom stereocenters. The van der Waals surface area contributed by atoms with Crippen LogP contribution in [-0.2, 0) is 18.8 Å². The van der Waals surface area contributed by atoms with Gasteiger partial charge >= 0.3 is 7.60 Å². The Morgan fingerprint density at radius 3 is 2.08 bits per heavy atom. The minimum Gasteiger partial charge on any atom is -0.379 e. The van der Waals surface area contributed by atoms with Gasteiger partial charge in [-0.05, 0) is 6.42 Å². The first-order chi connectivity index (χ1) is 12.0. The minimum absolute atomic E-state index is 0.226. The summed E-state index contributed by atoms with van der Waals surface area (Å²) in [5.41, 5.74) is 0. The quantitative estimate of drug-likeness (QED) is 0.198. The molecule has 0 aliphatic rings. The van der Waals surface area contributed by atoms with E-state index in [4.69, 9.17) is 24.0 Å². The van der Waals surface area contributed by atoms with Gasteiger partial charge in [0.05, 0.1) is 19.8 Å². The molecule has 0 amide bonds. The Morgan fingerprint density at radius 1 is 0.960 bits per heavy atom. The van der Waals surface area contributed by atoms with Crippen LogP contribution in [0.4, 0.5) is 0 Å². The fourth-order valence-corrected chi connectivity index (χ4v) is 2.76. The highest BCUT2D eigenvalue weighted by Crippen LogP contribution is 2.34. The molecule has 25 heavy (non-hydrogen) atoms. The summed E-state index contributed by atoms with van der Waals surface area (Å²) in [6, 6.07) is 0. The van der Waals surface area contributed by atoms with Gasteiger partial charge in [0, 0.05) is 6.61 Å². The molecule has 0 saturated carbocycles. The number of ether oxygens (including phenoxy) is 3. The van der Waals surface area contributed by atoms with Gasteiger partial charge in [0.2, 0.25) is 0 Å². The predicted octanol–water partition coefficient (Wildman–Crippen LogP) is 4.26. The molecule has 0 heterocycles. The molecule has 0 aromatic heterocycles. The second-order valence-corrected chi connectivity index (χ2v) is 7.90. The molecule has 0 fully saturated rings. The summed E-state index contributed by atoms with van der Waals surface area (Å²) in [6.07, 6.45) is 11.8. The van der Waals surface area contributed by atoms with Crippen LogP contribution in [0.1, 0.15) is 64.7 Å². The van der Waals surface area contributed by atoms with E-state index in [1.807, 2.05) is 0 Å². The van der Waals surface area contributed by atoms with E-state index in [9.17, 15) is 4.57 Å². The first kappa shape index (κ1) is 24.8. The SMILES string of the molecule is C=CCOCC(COCCCCCCCCCCC)OCP(=O)(O)O. The summed E-state index contributed by atoms with van der Waals surface area (Å²) in [6.45, 7) is 7.28. The zero-order valence-corrected chi connectivity index (χ0v) is 16.6. The Labute approximate surface area is 153 Å². The number of rotatable bonds is 19. The van der Waals surface area contributed by atoms with Gasteiger partial charge in [-0.15, -0.1) is 6.58 Å². The highest BCUT2D eigenvalue weighted by Gasteiger charge is 2.18. The van der Waals surface area contributed by atoms with E-state index in [1.165, 1.54) is 44.9 Å². The molecule has 0 aromatic rings. The fraction of sp³-hybridized carbons (Fsp3) is 0.889. The summed E-state index contributed by atoms with van der Waals surface area (Å²) in [4.78, 5) is 17.8. The van der Waals surface area contributed by atoms with E-state index in [1.54, 1.807) is 6.08 Å². The van der Waals surface area contributed by atoms with Crippen molar-refractivity contribution in [2.45, 2.75) is 70.8 Å². The van der Waals surface area contributed by atoms with Crippen molar-refractivity contribution < 1.29 is 28.6 Å². The molecule has 2 N–H and O–H groups in total. The summed E-state index contributed by atoms with van der Waals surface area (Å²) in [7, 11) is -4.18. The lowest BCUT2D eigenvalue weighted by Crippen LogP contribution is -2.26. The average Bonchev–Trinajstić information content (AvgIpc) is 2.56. The van der Waals surface area contributed by atoms with Crippen LogP contribution in [0.2, 0.25) is 0 Å². The van der Waals surface area contributed by atoms with Crippen molar-refractivity contribution in [3.63, 3.8) is 0 Å².